The molecule has 0 aliphatic carbocycles. The van der Waals surface area contributed by atoms with Crippen molar-refractivity contribution in [1.29, 1.82) is 0 Å². The molecule has 1 aromatic carbocycles. The van der Waals surface area contributed by atoms with Crippen LogP contribution in [-0.4, -0.2) is 42.7 Å². The number of benzene rings is 1. The fourth-order valence-electron chi connectivity index (χ4n) is 2.96. The highest BCUT2D eigenvalue weighted by molar-refractivity contribution is 7.99. The van der Waals surface area contributed by atoms with E-state index in [1.54, 1.807) is 12.1 Å². The monoisotopic (exact) mass is 372 g/mol. The van der Waals surface area contributed by atoms with E-state index < -0.39 is 0 Å². The van der Waals surface area contributed by atoms with Crippen LogP contribution in [-0.2, 0) is 10.5 Å². The predicted octanol–water partition coefficient (Wildman–Crippen LogP) is 3.95. The summed E-state index contributed by atoms with van der Waals surface area (Å²) in [5, 5.41) is 3.33. The topological polar surface area (TPSA) is 32.3 Å². The molecule has 1 aliphatic heterocycles. The molecule has 2 rings (SSSR count). The molecule has 0 aromatic heterocycles. The molecule has 0 radical (unpaired) electrons. The fourth-order valence-corrected chi connectivity index (χ4v) is 3.97. The lowest BCUT2D eigenvalue weighted by atomic mass is 10.0. The van der Waals surface area contributed by atoms with E-state index in [2.05, 4.69) is 17.1 Å². The van der Waals surface area contributed by atoms with E-state index in [4.69, 9.17) is 11.6 Å². The summed E-state index contributed by atoms with van der Waals surface area (Å²) in [7, 11) is 0. The largest absolute Gasteiger partial charge is 0.355 e. The van der Waals surface area contributed by atoms with Crippen LogP contribution in [0.1, 0.15) is 31.7 Å². The molecule has 0 bridgehead atoms. The maximum atomic E-state index is 13.6. The maximum absolute atomic E-state index is 13.6. The quantitative estimate of drug-likeness (QED) is 0.701. The van der Waals surface area contributed by atoms with E-state index in [0.717, 1.165) is 18.9 Å². The standard InChI is InChI=1S/C18H26ClFN2OS/c1-14-4-2-8-22(11-14)9-3-7-21-18(23)13-24-12-15-5-6-16(19)10-17(15)20/h5-6,10,14H,2-4,7-9,11-13H2,1H3,(H,21,23)/t14-/m0/s1. The first-order valence-electron chi connectivity index (χ1n) is 8.55. The summed E-state index contributed by atoms with van der Waals surface area (Å²) in [6.45, 7) is 6.42. The Kier molecular flexibility index (Phi) is 8.36. The van der Waals surface area contributed by atoms with Crippen LogP contribution in [0.5, 0.6) is 0 Å². The molecule has 1 N–H and O–H groups in total. The van der Waals surface area contributed by atoms with E-state index in [9.17, 15) is 9.18 Å². The summed E-state index contributed by atoms with van der Waals surface area (Å²) < 4.78 is 13.6. The van der Waals surface area contributed by atoms with Gasteiger partial charge in [0.15, 0.2) is 0 Å². The zero-order chi connectivity index (χ0) is 17.4. The van der Waals surface area contributed by atoms with Gasteiger partial charge in [0.2, 0.25) is 5.91 Å². The molecule has 0 spiro atoms. The molecule has 134 valence electrons. The van der Waals surface area contributed by atoms with Gasteiger partial charge < -0.3 is 10.2 Å². The molecule has 1 saturated heterocycles. The minimum atomic E-state index is -0.314. The van der Waals surface area contributed by atoms with E-state index in [-0.39, 0.29) is 11.7 Å². The van der Waals surface area contributed by atoms with Crippen molar-refractivity contribution in [1.82, 2.24) is 10.2 Å². The lowest BCUT2D eigenvalue weighted by Gasteiger charge is -2.30. The summed E-state index contributed by atoms with van der Waals surface area (Å²) in [5.74, 6) is 1.32. The van der Waals surface area contributed by atoms with Gasteiger partial charge >= 0.3 is 0 Å². The molecular weight excluding hydrogens is 347 g/mol. The first-order chi connectivity index (χ1) is 11.5. The first-order valence-corrected chi connectivity index (χ1v) is 10.1. The molecular formula is C18H26ClFN2OS. The number of nitrogens with one attached hydrogen (secondary N) is 1. The van der Waals surface area contributed by atoms with E-state index in [1.165, 1.54) is 43.8 Å². The van der Waals surface area contributed by atoms with Crippen molar-refractivity contribution in [3.8, 4) is 0 Å². The maximum Gasteiger partial charge on any atom is 0.230 e. The highest BCUT2D eigenvalue weighted by atomic mass is 35.5. The Labute approximate surface area is 153 Å². The van der Waals surface area contributed by atoms with Crippen molar-refractivity contribution in [2.24, 2.45) is 5.92 Å². The minimum Gasteiger partial charge on any atom is -0.355 e. The van der Waals surface area contributed by atoms with Crippen molar-refractivity contribution in [3.63, 3.8) is 0 Å². The van der Waals surface area contributed by atoms with Crippen LogP contribution in [0, 0.1) is 11.7 Å². The first kappa shape index (κ1) is 19.5. The van der Waals surface area contributed by atoms with Gasteiger partial charge in [-0.25, -0.2) is 4.39 Å². The Bertz CT molecular complexity index is 544. The van der Waals surface area contributed by atoms with Crippen LogP contribution in [0.3, 0.4) is 0 Å². The van der Waals surface area contributed by atoms with Gasteiger partial charge in [-0.2, -0.15) is 0 Å². The number of halogens is 2. The zero-order valence-electron chi connectivity index (χ0n) is 14.2. The summed E-state index contributed by atoms with van der Waals surface area (Å²) in [4.78, 5) is 14.3. The van der Waals surface area contributed by atoms with Crippen molar-refractivity contribution >= 4 is 29.3 Å². The predicted molar refractivity (Wildman–Crippen MR) is 100 cm³/mol. The van der Waals surface area contributed by atoms with Crippen LogP contribution in [0.4, 0.5) is 4.39 Å². The number of hydrogen-bond acceptors (Lipinski definition) is 3. The summed E-state index contributed by atoms with van der Waals surface area (Å²) in [5.41, 5.74) is 0.580. The van der Waals surface area contributed by atoms with Gasteiger partial charge in [0.25, 0.3) is 0 Å². The number of likely N-dealkylation sites (tertiary alicyclic amines) is 1. The second-order valence-corrected chi connectivity index (χ2v) is 7.90. The number of carbonyl (C=O) groups is 1. The molecule has 24 heavy (non-hydrogen) atoms. The molecule has 1 heterocycles. The van der Waals surface area contributed by atoms with E-state index in [1.807, 2.05) is 0 Å². The number of rotatable bonds is 8. The lowest BCUT2D eigenvalue weighted by molar-refractivity contribution is -0.118. The number of carbonyl (C=O) groups excluding carboxylic acids is 1. The smallest absolute Gasteiger partial charge is 0.230 e. The van der Waals surface area contributed by atoms with Gasteiger partial charge in [-0.1, -0.05) is 24.6 Å². The minimum absolute atomic E-state index is 0.0152. The normalized spacial score (nSPS) is 18.5. The Balaban J connectivity index is 1.55. The van der Waals surface area contributed by atoms with Gasteiger partial charge in [0, 0.05) is 23.9 Å². The molecule has 6 heteroatoms. The molecule has 1 aromatic rings. The highest BCUT2D eigenvalue weighted by Gasteiger charge is 2.15. The molecule has 1 amide bonds. The van der Waals surface area contributed by atoms with Crippen LogP contribution in [0.2, 0.25) is 5.02 Å². The van der Waals surface area contributed by atoms with Gasteiger partial charge in [-0.05, 0) is 56.0 Å². The number of thioether (sulfide) groups is 1. The van der Waals surface area contributed by atoms with Crippen molar-refractivity contribution in [3.05, 3.63) is 34.6 Å². The SMILES string of the molecule is C[C@H]1CCCN(CCCNC(=O)CSCc2ccc(Cl)cc2F)C1. The van der Waals surface area contributed by atoms with Gasteiger partial charge in [0.1, 0.15) is 5.82 Å². The third-order valence-corrected chi connectivity index (χ3v) is 5.44. The van der Waals surface area contributed by atoms with Crippen LogP contribution >= 0.6 is 23.4 Å². The van der Waals surface area contributed by atoms with E-state index in [0.29, 0.717) is 28.6 Å². The molecule has 1 fully saturated rings. The van der Waals surface area contributed by atoms with Crippen LogP contribution in [0.15, 0.2) is 18.2 Å². The van der Waals surface area contributed by atoms with Crippen molar-refractivity contribution < 1.29 is 9.18 Å². The summed E-state index contributed by atoms with van der Waals surface area (Å²) in [6.07, 6.45) is 3.60. The third-order valence-electron chi connectivity index (χ3n) is 4.22. The van der Waals surface area contributed by atoms with Gasteiger partial charge in [0.05, 0.1) is 5.75 Å². The lowest BCUT2D eigenvalue weighted by Crippen LogP contribution is -2.36. The second kappa shape index (κ2) is 10.3. The fraction of sp³-hybridized carbons (Fsp3) is 0.611. The molecule has 0 saturated carbocycles. The summed E-state index contributed by atoms with van der Waals surface area (Å²) in [6, 6.07) is 4.64. The van der Waals surface area contributed by atoms with Gasteiger partial charge in [-0.15, -0.1) is 11.8 Å². The average molecular weight is 373 g/mol. The highest BCUT2D eigenvalue weighted by Crippen LogP contribution is 2.19. The average Bonchev–Trinajstić information content (AvgIpc) is 2.54. The van der Waals surface area contributed by atoms with Gasteiger partial charge in [-0.3, -0.25) is 4.79 Å². The van der Waals surface area contributed by atoms with E-state index >= 15 is 0 Å². The Morgan fingerprint density at radius 2 is 2.33 bits per heavy atom. The van der Waals surface area contributed by atoms with Crippen molar-refractivity contribution in [2.75, 3.05) is 31.9 Å². The molecule has 0 unspecified atom stereocenters. The van der Waals surface area contributed by atoms with Crippen LogP contribution < -0.4 is 5.32 Å². The molecule has 3 nitrogen and oxygen atoms in total. The molecule has 1 atom stereocenters. The number of amides is 1. The number of nitrogens with zero attached hydrogens (tertiary/aromatic N) is 1. The number of hydrogen-bond donors (Lipinski definition) is 1. The summed E-state index contributed by atoms with van der Waals surface area (Å²) >= 11 is 7.14. The Morgan fingerprint density at radius 3 is 3.08 bits per heavy atom. The Hall–Kier alpha value is -0.780. The Morgan fingerprint density at radius 1 is 1.50 bits per heavy atom. The van der Waals surface area contributed by atoms with Crippen LogP contribution in [0.25, 0.3) is 0 Å². The number of piperidine rings is 1. The third kappa shape index (κ3) is 6.99. The van der Waals surface area contributed by atoms with Crippen molar-refractivity contribution in [2.45, 2.75) is 31.9 Å². The second-order valence-electron chi connectivity index (χ2n) is 6.48. The molecule has 1 aliphatic rings. The zero-order valence-corrected chi connectivity index (χ0v) is 15.8.